The van der Waals surface area contributed by atoms with Crippen molar-refractivity contribution in [3.05, 3.63) is 27.9 Å². The van der Waals surface area contributed by atoms with Crippen LogP contribution in [-0.4, -0.2) is 20.8 Å². The summed E-state index contributed by atoms with van der Waals surface area (Å²) in [6.45, 7) is 5.49. The molecule has 0 aromatic carbocycles. The van der Waals surface area contributed by atoms with Gasteiger partial charge in [0.1, 0.15) is 5.82 Å². The number of aliphatic hydroxyl groups excluding tert-OH is 1. The van der Waals surface area contributed by atoms with Gasteiger partial charge < -0.3 is 5.11 Å². The van der Waals surface area contributed by atoms with Crippen molar-refractivity contribution in [1.29, 1.82) is 0 Å². The van der Waals surface area contributed by atoms with Crippen LogP contribution in [0.5, 0.6) is 0 Å². The van der Waals surface area contributed by atoms with E-state index in [-0.39, 0.29) is 5.56 Å². The molecule has 1 aromatic rings. The zero-order valence-corrected chi connectivity index (χ0v) is 8.11. The highest BCUT2D eigenvalue weighted by Gasteiger charge is 2.04. The van der Waals surface area contributed by atoms with Gasteiger partial charge in [0.05, 0.1) is 12.6 Å². The molecule has 0 saturated heterocycles. The van der Waals surface area contributed by atoms with Gasteiger partial charge in [0.2, 0.25) is 0 Å². The van der Waals surface area contributed by atoms with Crippen molar-refractivity contribution < 1.29 is 5.11 Å². The normalized spacial score (nSPS) is 12.9. The molecule has 1 N–H and O–H groups in total. The Balaban J connectivity index is 3.14. The van der Waals surface area contributed by atoms with E-state index < -0.39 is 6.10 Å². The maximum Gasteiger partial charge on any atom is 0.253 e. The monoisotopic (exact) mass is 182 g/mol. The van der Waals surface area contributed by atoms with Crippen LogP contribution in [0.25, 0.3) is 0 Å². The molecule has 13 heavy (non-hydrogen) atoms. The number of aromatic nitrogens is 2. The SMILES string of the molecule is Cc1cc(=O)n(CC(C)O)c(C)n1. The maximum atomic E-state index is 11.4. The summed E-state index contributed by atoms with van der Waals surface area (Å²) >= 11 is 0. The van der Waals surface area contributed by atoms with Gasteiger partial charge in [-0.1, -0.05) is 0 Å². The molecule has 0 radical (unpaired) electrons. The van der Waals surface area contributed by atoms with Crippen LogP contribution in [0.2, 0.25) is 0 Å². The Hall–Kier alpha value is -1.16. The lowest BCUT2D eigenvalue weighted by molar-refractivity contribution is 0.170. The number of nitrogens with zero attached hydrogens (tertiary/aromatic N) is 2. The Bertz CT molecular complexity index is 355. The summed E-state index contributed by atoms with van der Waals surface area (Å²) in [5.74, 6) is 0.644. The molecule has 0 bridgehead atoms. The Kier molecular flexibility index (Phi) is 2.83. The molecule has 0 aliphatic heterocycles. The number of hydrogen-bond acceptors (Lipinski definition) is 3. The zero-order chi connectivity index (χ0) is 10.0. The van der Waals surface area contributed by atoms with E-state index in [2.05, 4.69) is 4.98 Å². The van der Waals surface area contributed by atoms with Crippen molar-refractivity contribution in [2.24, 2.45) is 0 Å². The van der Waals surface area contributed by atoms with E-state index >= 15 is 0 Å². The van der Waals surface area contributed by atoms with Crippen LogP contribution in [0.15, 0.2) is 10.9 Å². The highest BCUT2D eigenvalue weighted by Crippen LogP contribution is 1.95. The van der Waals surface area contributed by atoms with Gasteiger partial charge in [0.25, 0.3) is 5.56 Å². The molecular weight excluding hydrogens is 168 g/mol. The van der Waals surface area contributed by atoms with E-state index in [1.165, 1.54) is 10.6 Å². The van der Waals surface area contributed by atoms with E-state index in [0.717, 1.165) is 0 Å². The molecule has 0 amide bonds. The Morgan fingerprint density at radius 3 is 2.69 bits per heavy atom. The molecule has 0 saturated carbocycles. The Labute approximate surface area is 76.9 Å². The first-order valence-electron chi connectivity index (χ1n) is 4.24. The number of aryl methyl sites for hydroxylation is 2. The van der Waals surface area contributed by atoms with Crippen LogP contribution in [0, 0.1) is 13.8 Å². The molecular formula is C9H14N2O2. The van der Waals surface area contributed by atoms with E-state index in [0.29, 0.717) is 18.1 Å². The van der Waals surface area contributed by atoms with Crippen LogP contribution >= 0.6 is 0 Å². The van der Waals surface area contributed by atoms with E-state index in [1.807, 2.05) is 0 Å². The summed E-state index contributed by atoms with van der Waals surface area (Å²) < 4.78 is 1.47. The van der Waals surface area contributed by atoms with Crippen molar-refractivity contribution in [2.75, 3.05) is 0 Å². The minimum absolute atomic E-state index is 0.106. The summed E-state index contributed by atoms with van der Waals surface area (Å²) in [6, 6.07) is 1.47. The largest absolute Gasteiger partial charge is 0.392 e. The van der Waals surface area contributed by atoms with Gasteiger partial charge in [0.15, 0.2) is 0 Å². The zero-order valence-electron chi connectivity index (χ0n) is 8.11. The minimum Gasteiger partial charge on any atom is -0.392 e. The van der Waals surface area contributed by atoms with Crippen molar-refractivity contribution in [3.8, 4) is 0 Å². The molecule has 4 nitrogen and oxygen atoms in total. The summed E-state index contributed by atoms with van der Waals surface area (Å²) in [6.07, 6.45) is -0.527. The van der Waals surface area contributed by atoms with Gasteiger partial charge in [0, 0.05) is 11.8 Å². The van der Waals surface area contributed by atoms with Crippen molar-refractivity contribution in [1.82, 2.24) is 9.55 Å². The molecule has 0 fully saturated rings. The first-order chi connectivity index (χ1) is 6.00. The lowest BCUT2D eigenvalue weighted by Crippen LogP contribution is -2.27. The van der Waals surface area contributed by atoms with Gasteiger partial charge in [-0.3, -0.25) is 9.36 Å². The second-order valence-corrected chi connectivity index (χ2v) is 3.24. The molecule has 1 heterocycles. The molecule has 72 valence electrons. The third-order valence-electron chi connectivity index (χ3n) is 1.77. The number of rotatable bonds is 2. The van der Waals surface area contributed by atoms with E-state index in [4.69, 9.17) is 5.11 Å². The summed E-state index contributed by atoms with van der Waals surface area (Å²) in [4.78, 5) is 15.5. The summed E-state index contributed by atoms with van der Waals surface area (Å²) in [7, 11) is 0. The second kappa shape index (κ2) is 3.70. The quantitative estimate of drug-likeness (QED) is 0.712. The molecule has 0 aliphatic rings. The fourth-order valence-corrected chi connectivity index (χ4v) is 1.25. The summed E-state index contributed by atoms with van der Waals surface area (Å²) in [5, 5.41) is 9.14. The molecule has 0 spiro atoms. The van der Waals surface area contributed by atoms with Crippen LogP contribution in [0.1, 0.15) is 18.4 Å². The van der Waals surface area contributed by atoms with Gasteiger partial charge in [-0.25, -0.2) is 4.98 Å². The Morgan fingerprint density at radius 2 is 2.23 bits per heavy atom. The van der Waals surface area contributed by atoms with E-state index in [9.17, 15) is 4.79 Å². The van der Waals surface area contributed by atoms with Crippen molar-refractivity contribution in [2.45, 2.75) is 33.4 Å². The molecule has 4 heteroatoms. The van der Waals surface area contributed by atoms with Crippen molar-refractivity contribution in [3.63, 3.8) is 0 Å². The van der Waals surface area contributed by atoms with Gasteiger partial charge in [-0.05, 0) is 20.8 Å². The average Bonchev–Trinajstić information content (AvgIpc) is 1.96. The Morgan fingerprint density at radius 1 is 1.62 bits per heavy atom. The van der Waals surface area contributed by atoms with Crippen LogP contribution < -0.4 is 5.56 Å². The molecule has 0 aliphatic carbocycles. The molecule has 1 unspecified atom stereocenters. The lowest BCUT2D eigenvalue weighted by Gasteiger charge is -2.10. The fourth-order valence-electron chi connectivity index (χ4n) is 1.25. The lowest BCUT2D eigenvalue weighted by atomic mass is 10.3. The topological polar surface area (TPSA) is 55.1 Å². The first-order valence-corrected chi connectivity index (χ1v) is 4.24. The summed E-state index contributed by atoms with van der Waals surface area (Å²) in [5.41, 5.74) is 0.607. The fraction of sp³-hybridized carbons (Fsp3) is 0.556. The van der Waals surface area contributed by atoms with Gasteiger partial charge in [-0.2, -0.15) is 0 Å². The molecule has 1 atom stereocenters. The third kappa shape index (κ3) is 2.39. The second-order valence-electron chi connectivity index (χ2n) is 3.24. The van der Waals surface area contributed by atoms with Crippen LogP contribution in [0.3, 0.4) is 0 Å². The van der Waals surface area contributed by atoms with E-state index in [1.54, 1.807) is 20.8 Å². The minimum atomic E-state index is -0.527. The molecule has 1 rings (SSSR count). The van der Waals surface area contributed by atoms with Crippen molar-refractivity contribution >= 4 is 0 Å². The number of aliphatic hydroxyl groups is 1. The van der Waals surface area contributed by atoms with Crippen LogP contribution in [0.4, 0.5) is 0 Å². The number of hydrogen-bond donors (Lipinski definition) is 1. The van der Waals surface area contributed by atoms with Gasteiger partial charge >= 0.3 is 0 Å². The predicted molar refractivity (Wildman–Crippen MR) is 49.7 cm³/mol. The van der Waals surface area contributed by atoms with Gasteiger partial charge in [-0.15, -0.1) is 0 Å². The smallest absolute Gasteiger partial charge is 0.253 e. The highest BCUT2D eigenvalue weighted by atomic mass is 16.3. The van der Waals surface area contributed by atoms with Crippen LogP contribution in [-0.2, 0) is 6.54 Å². The average molecular weight is 182 g/mol. The maximum absolute atomic E-state index is 11.4. The standard InChI is InChI=1S/C9H14N2O2/c1-6-4-9(13)11(5-7(2)12)8(3)10-6/h4,7,12H,5H2,1-3H3. The third-order valence-corrected chi connectivity index (χ3v) is 1.77. The first kappa shape index (κ1) is 9.92. The molecule has 1 aromatic heterocycles. The highest BCUT2D eigenvalue weighted by molar-refractivity contribution is 5.01. The predicted octanol–water partition coefficient (Wildman–Crippen LogP) is 0.241.